The van der Waals surface area contributed by atoms with Gasteiger partial charge in [0.15, 0.2) is 0 Å². The van der Waals surface area contributed by atoms with Gasteiger partial charge in [-0.15, -0.1) is 0 Å². The summed E-state index contributed by atoms with van der Waals surface area (Å²) in [6.07, 6.45) is 0.823. The molecule has 1 aromatic rings. The number of rotatable bonds is 4. The minimum absolute atomic E-state index is 0.0695. The molecule has 1 aliphatic heterocycles. The normalized spacial score (nSPS) is 23.2. The summed E-state index contributed by atoms with van der Waals surface area (Å²) in [5.41, 5.74) is 6.73. The Morgan fingerprint density at radius 2 is 2.00 bits per heavy atom. The molecular formula is C17H26N2O2. The van der Waals surface area contributed by atoms with Gasteiger partial charge >= 0.3 is 5.97 Å². The van der Waals surface area contributed by atoms with Crippen LogP contribution in [0, 0.1) is 5.92 Å². The van der Waals surface area contributed by atoms with Gasteiger partial charge in [-0.2, -0.15) is 0 Å². The highest BCUT2D eigenvalue weighted by molar-refractivity contribution is 5.74. The van der Waals surface area contributed by atoms with Gasteiger partial charge in [-0.1, -0.05) is 30.3 Å². The molecule has 21 heavy (non-hydrogen) atoms. The van der Waals surface area contributed by atoms with Gasteiger partial charge in [0.2, 0.25) is 0 Å². The Morgan fingerprint density at radius 3 is 2.57 bits per heavy atom. The van der Waals surface area contributed by atoms with Gasteiger partial charge in [-0.05, 0) is 39.3 Å². The number of ether oxygens (including phenoxy) is 1. The Kier molecular flexibility index (Phi) is 5.01. The van der Waals surface area contributed by atoms with Crippen LogP contribution in [0.1, 0.15) is 32.8 Å². The second kappa shape index (κ2) is 6.58. The Bertz CT molecular complexity index is 467. The van der Waals surface area contributed by atoms with Crippen LogP contribution in [0.5, 0.6) is 0 Å². The van der Waals surface area contributed by atoms with Crippen molar-refractivity contribution in [1.29, 1.82) is 0 Å². The van der Waals surface area contributed by atoms with Gasteiger partial charge in [0.25, 0.3) is 0 Å². The smallest absolute Gasteiger partial charge is 0.311 e. The zero-order chi connectivity index (χ0) is 15.5. The highest BCUT2D eigenvalue weighted by Crippen LogP contribution is 2.28. The molecule has 2 N–H and O–H groups in total. The second-order valence-electron chi connectivity index (χ2n) is 6.69. The molecule has 1 aliphatic rings. The first kappa shape index (κ1) is 16.0. The number of likely N-dealkylation sites (tertiary alicyclic amines) is 1. The predicted octanol–water partition coefficient (Wildman–Crippen LogP) is 2.18. The van der Waals surface area contributed by atoms with E-state index in [2.05, 4.69) is 17.0 Å². The maximum atomic E-state index is 12.3. The first-order chi connectivity index (χ1) is 9.90. The summed E-state index contributed by atoms with van der Waals surface area (Å²) < 4.78 is 5.53. The summed E-state index contributed by atoms with van der Waals surface area (Å²) >= 11 is 0. The fraction of sp³-hybridized carbons (Fsp3) is 0.588. The third kappa shape index (κ3) is 4.29. The first-order valence-electron chi connectivity index (χ1n) is 7.61. The Balaban J connectivity index is 2.02. The van der Waals surface area contributed by atoms with Gasteiger partial charge < -0.3 is 10.5 Å². The summed E-state index contributed by atoms with van der Waals surface area (Å²) in [7, 11) is 0. The van der Waals surface area contributed by atoms with E-state index in [1.807, 2.05) is 39.0 Å². The Labute approximate surface area is 127 Å². The first-order valence-corrected chi connectivity index (χ1v) is 7.61. The van der Waals surface area contributed by atoms with Crippen molar-refractivity contribution in [2.75, 3.05) is 13.1 Å². The van der Waals surface area contributed by atoms with Crippen molar-refractivity contribution >= 4 is 5.97 Å². The maximum absolute atomic E-state index is 12.3. The van der Waals surface area contributed by atoms with E-state index in [4.69, 9.17) is 10.5 Å². The largest absolute Gasteiger partial charge is 0.460 e. The van der Waals surface area contributed by atoms with E-state index < -0.39 is 5.60 Å². The van der Waals surface area contributed by atoms with Gasteiger partial charge in [0.05, 0.1) is 5.92 Å². The Morgan fingerprint density at radius 1 is 1.33 bits per heavy atom. The van der Waals surface area contributed by atoms with Gasteiger partial charge in [0.1, 0.15) is 5.60 Å². The minimum Gasteiger partial charge on any atom is -0.460 e. The lowest BCUT2D eigenvalue weighted by molar-refractivity contribution is -0.160. The van der Waals surface area contributed by atoms with Crippen LogP contribution in [0.2, 0.25) is 0 Å². The molecule has 4 nitrogen and oxygen atoms in total. The predicted molar refractivity (Wildman–Crippen MR) is 83.6 cm³/mol. The van der Waals surface area contributed by atoms with Crippen LogP contribution in [-0.4, -0.2) is 35.6 Å². The van der Waals surface area contributed by atoms with Crippen molar-refractivity contribution in [3.63, 3.8) is 0 Å². The van der Waals surface area contributed by atoms with Crippen molar-refractivity contribution in [3.8, 4) is 0 Å². The number of hydrogen-bond donors (Lipinski definition) is 1. The monoisotopic (exact) mass is 290 g/mol. The fourth-order valence-electron chi connectivity index (χ4n) is 2.90. The minimum atomic E-state index is -0.441. The number of nitrogens with two attached hydrogens (primary N) is 1. The van der Waals surface area contributed by atoms with Gasteiger partial charge in [-0.25, -0.2) is 0 Å². The van der Waals surface area contributed by atoms with Gasteiger partial charge in [-0.3, -0.25) is 9.69 Å². The third-order valence-electron chi connectivity index (χ3n) is 3.84. The Hall–Kier alpha value is -1.39. The molecule has 0 aromatic heterocycles. The molecule has 116 valence electrons. The van der Waals surface area contributed by atoms with E-state index in [1.54, 1.807) is 0 Å². The van der Waals surface area contributed by atoms with E-state index >= 15 is 0 Å². The SMILES string of the molecule is CC(C)(C)OC(=O)[C@H]1CCN(Cc2ccccc2)[C@H]1CN. The molecule has 0 spiro atoms. The molecule has 0 bridgehead atoms. The van der Waals surface area contributed by atoms with Crippen molar-refractivity contribution in [1.82, 2.24) is 4.90 Å². The average molecular weight is 290 g/mol. The maximum Gasteiger partial charge on any atom is 0.311 e. The van der Waals surface area contributed by atoms with E-state index in [9.17, 15) is 4.79 Å². The van der Waals surface area contributed by atoms with E-state index in [-0.39, 0.29) is 17.9 Å². The highest BCUT2D eigenvalue weighted by atomic mass is 16.6. The van der Waals surface area contributed by atoms with E-state index in [0.717, 1.165) is 19.5 Å². The molecule has 1 heterocycles. The van der Waals surface area contributed by atoms with Crippen molar-refractivity contribution in [3.05, 3.63) is 35.9 Å². The number of nitrogens with zero attached hydrogens (tertiary/aromatic N) is 1. The molecular weight excluding hydrogens is 264 g/mol. The van der Waals surface area contributed by atoms with Crippen LogP contribution in [0.4, 0.5) is 0 Å². The number of esters is 1. The lowest BCUT2D eigenvalue weighted by atomic mass is 10.00. The highest BCUT2D eigenvalue weighted by Gasteiger charge is 2.39. The van der Waals surface area contributed by atoms with Crippen LogP contribution >= 0.6 is 0 Å². The van der Waals surface area contributed by atoms with E-state index in [1.165, 1.54) is 5.56 Å². The lowest BCUT2D eigenvalue weighted by Gasteiger charge is -2.28. The number of hydrogen-bond acceptors (Lipinski definition) is 4. The standard InChI is InChI=1S/C17H26N2O2/c1-17(2,3)21-16(20)14-9-10-19(15(14)11-18)12-13-7-5-4-6-8-13/h4-8,14-15H,9-12,18H2,1-3H3/t14-,15-/m0/s1. The summed E-state index contributed by atoms with van der Waals surface area (Å²) in [5.74, 6) is -0.230. The van der Waals surface area contributed by atoms with Crippen molar-refractivity contribution in [2.24, 2.45) is 11.7 Å². The third-order valence-corrected chi connectivity index (χ3v) is 3.84. The number of benzene rings is 1. The number of carbonyl (C=O) groups is 1. The summed E-state index contributed by atoms with van der Waals surface area (Å²) in [6, 6.07) is 10.4. The van der Waals surface area contributed by atoms with Crippen LogP contribution in [0.15, 0.2) is 30.3 Å². The molecule has 1 aromatic carbocycles. The van der Waals surface area contributed by atoms with Crippen LogP contribution in [0.25, 0.3) is 0 Å². The zero-order valence-electron chi connectivity index (χ0n) is 13.2. The molecule has 1 saturated heterocycles. The summed E-state index contributed by atoms with van der Waals surface area (Å²) in [4.78, 5) is 14.6. The molecule has 0 saturated carbocycles. The van der Waals surface area contributed by atoms with Gasteiger partial charge in [0, 0.05) is 19.1 Å². The molecule has 4 heteroatoms. The number of carbonyl (C=O) groups excluding carboxylic acids is 1. The fourth-order valence-corrected chi connectivity index (χ4v) is 2.90. The summed E-state index contributed by atoms with van der Waals surface area (Å²) in [6.45, 7) is 7.91. The van der Waals surface area contributed by atoms with E-state index in [0.29, 0.717) is 6.54 Å². The van der Waals surface area contributed by atoms with Crippen LogP contribution in [0.3, 0.4) is 0 Å². The van der Waals surface area contributed by atoms with Crippen LogP contribution in [-0.2, 0) is 16.1 Å². The average Bonchev–Trinajstić information content (AvgIpc) is 2.81. The quantitative estimate of drug-likeness (QED) is 0.864. The summed E-state index contributed by atoms with van der Waals surface area (Å²) in [5, 5.41) is 0. The zero-order valence-corrected chi connectivity index (χ0v) is 13.2. The van der Waals surface area contributed by atoms with Crippen molar-refractivity contribution in [2.45, 2.75) is 45.4 Å². The molecule has 2 atom stereocenters. The molecule has 0 radical (unpaired) electrons. The van der Waals surface area contributed by atoms with Crippen molar-refractivity contribution < 1.29 is 9.53 Å². The molecule has 0 amide bonds. The second-order valence-corrected chi connectivity index (χ2v) is 6.69. The molecule has 2 rings (SSSR count). The molecule has 1 fully saturated rings. The molecule has 0 aliphatic carbocycles. The molecule has 0 unspecified atom stereocenters. The topological polar surface area (TPSA) is 55.6 Å². The lowest BCUT2D eigenvalue weighted by Crippen LogP contribution is -2.42. The van der Waals surface area contributed by atoms with Crippen LogP contribution < -0.4 is 5.73 Å².